The van der Waals surface area contributed by atoms with Gasteiger partial charge in [0.05, 0.1) is 10.6 Å². The standard InChI is InChI=1S/C16H20ClFNO.2CH2/c17-15-9-8-13(18)10-14(15)16(20)19-11-12-6-4-2-1-3-5-7-12;;/h8-10H,1-7,11H2,(H,19,20);2*1H2. The normalized spacial score (nSPS) is 15.7. The van der Waals surface area contributed by atoms with Crippen LogP contribution in [0, 0.1) is 26.6 Å². The number of carbonyl (C=O) groups is 1. The zero-order valence-corrected chi connectivity index (χ0v) is 13.7. The minimum atomic E-state index is -0.446. The second-order valence-electron chi connectivity index (χ2n) is 5.32. The van der Waals surface area contributed by atoms with Crippen LogP contribution < -0.4 is 5.32 Å². The first-order valence-corrected chi connectivity index (χ1v) is 7.61. The van der Waals surface area contributed by atoms with Crippen LogP contribution in [0.1, 0.15) is 55.3 Å². The molecule has 4 heteroatoms. The minimum Gasteiger partial charge on any atom is -0.351 e. The molecular weight excluding hydrogens is 301 g/mol. The van der Waals surface area contributed by atoms with Crippen molar-refractivity contribution in [1.29, 1.82) is 0 Å². The Morgan fingerprint density at radius 3 is 2.32 bits per heavy atom. The third kappa shape index (κ3) is 6.35. The van der Waals surface area contributed by atoms with Crippen LogP contribution in [0.3, 0.4) is 0 Å². The maximum Gasteiger partial charge on any atom is 0.252 e. The Bertz CT molecular complexity index is 456. The fourth-order valence-electron chi connectivity index (χ4n) is 2.55. The highest BCUT2D eigenvalue weighted by Gasteiger charge is 2.15. The van der Waals surface area contributed by atoms with E-state index in [0.717, 1.165) is 12.8 Å². The van der Waals surface area contributed by atoms with Crippen molar-refractivity contribution in [3.63, 3.8) is 0 Å². The lowest BCUT2D eigenvalue weighted by atomic mass is 9.91. The van der Waals surface area contributed by atoms with Crippen LogP contribution in [0.15, 0.2) is 18.2 Å². The number of hydrogen-bond acceptors (Lipinski definition) is 1. The molecule has 0 saturated heterocycles. The monoisotopic (exact) mass is 324 g/mol. The van der Waals surface area contributed by atoms with E-state index in [1.807, 2.05) is 0 Å². The molecule has 1 aliphatic carbocycles. The Labute approximate surface area is 139 Å². The smallest absolute Gasteiger partial charge is 0.252 e. The van der Waals surface area contributed by atoms with Gasteiger partial charge in [-0.25, -0.2) is 4.39 Å². The summed E-state index contributed by atoms with van der Waals surface area (Å²) in [5, 5.41) is 3.14. The van der Waals surface area contributed by atoms with E-state index in [0.29, 0.717) is 6.54 Å². The fourth-order valence-corrected chi connectivity index (χ4v) is 2.76. The van der Waals surface area contributed by atoms with E-state index in [4.69, 9.17) is 11.6 Å². The molecule has 1 aromatic carbocycles. The third-order valence-corrected chi connectivity index (χ3v) is 4.06. The van der Waals surface area contributed by atoms with E-state index in [-0.39, 0.29) is 31.3 Å². The summed E-state index contributed by atoms with van der Waals surface area (Å²) >= 11 is 5.93. The highest BCUT2D eigenvalue weighted by atomic mass is 35.5. The summed E-state index contributed by atoms with van der Waals surface area (Å²) in [6.07, 6.45) is 8.42. The molecule has 1 fully saturated rings. The predicted octanol–water partition coefficient (Wildman–Crippen LogP) is 5.18. The zero-order chi connectivity index (χ0) is 14.4. The van der Waals surface area contributed by atoms with Gasteiger partial charge in [-0.15, -0.1) is 0 Å². The van der Waals surface area contributed by atoms with Crippen LogP contribution in [0.5, 0.6) is 0 Å². The van der Waals surface area contributed by atoms with Crippen molar-refractivity contribution in [2.45, 2.75) is 44.9 Å². The van der Waals surface area contributed by atoms with Crippen LogP contribution in [0.4, 0.5) is 4.39 Å². The van der Waals surface area contributed by atoms with Crippen LogP contribution in [-0.4, -0.2) is 12.5 Å². The number of carbonyl (C=O) groups excluding carboxylic acids is 1. The van der Waals surface area contributed by atoms with Crippen LogP contribution in [-0.2, 0) is 0 Å². The Hall–Kier alpha value is -1.09. The van der Waals surface area contributed by atoms with Crippen molar-refractivity contribution >= 4 is 17.5 Å². The Morgan fingerprint density at radius 2 is 1.68 bits per heavy atom. The van der Waals surface area contributed by atoms with Crippen LogP contribution in [0.25, 0.3) is 0 Å². The van der Waals surface area contributed by atoms with Gasteiger partial charge in [0.25, 0.3) is 5.91 Å². The lowest BCUT2D eigenvalue weighted by Gasteiger charge is -2.19. The molecule has 0 spiro atoms. The molecule has 1 N–H and O–H groups in total. The maximum absolute atomic E-state index is 13.2. The first-order chi connectivity index (χ1) is 9.66. The highest BCUT2D eigenvalue weighted by molar-refractivity contribution is 6.33. The SMILES string of the molecule is O=C(NC[C]1CCCCCCC1)c1cc(F)ccc1Cl.[CH2].[CH2]. The molecule has 0 aliphatic heterocycles. The van der Waals surface area contributed by atoms with Gasteiger partial charge in [0, 0.05) is 6.54 Å². The number of hydrogen-bond donors (Lipinski definition) is 1. The minimum absolute atomic E-state index is 0. The van der Waals surface area contributed by atoms with E-state index in [2.05, 4.69) is 5.32 Å². The molecule has 1 aromatic rings. The molecule has 1 saturated carbocycles. The van der Waals surface area contributed by atoms with Gasteiger partial charge in [0.2, 0.25) is 0 Å². The average molecular weight is 325 g/mol. The molecule has 2 rings (SSSR count). The summed E-state index contributed by atoms with van der Waals surface area (Å²) in [7, 11) is 0. The summed E-state index contributed by atoms with van der Waals surface area (Å²) in [6, 6.07) is 3.85. The quantitative estimate of drug-likeness (QED) is 0.815. The number of halogens is 2. The number of rotatable bonds is 3. The zero-order valence-electron chi connectivity index (χ0n) is 13.0. The van der Waals surface area contributed by atoms with Gasteiger partial charge in [0.15, 0.2) is 0 Å². The largest absolute Gasteiger partial charge is 0.351 e. The van der Waals surface area contributed by atoms with Gasteiger partial charge in [-0.05, 0) is 37.0 Å². The summed E-state index contributed by atoms with van der Waals surface area (Å²) in [5.41, 5.74) is 0.207. The summed E-state index contributed by atoms with van der Waals surface area (Å²) in [5.74, 6) is 0.632. The molecule has 121 valence electrons. The average Bonchev–Trinajstić information content (AvgIpc) is 2.40. The van der Waals surface area contributed by atoms with E-state index in [9.17, 15) is 9.18 Å². The first kappa shape index (κ1) is 20.9. The van der Waals surface area contributed by atoms with E-state index in [1.165, 1.54) is 56.2 Å². The topological polar surface area (TPSA) is 29.1 Å². The molecule has 1 amide bonds. The van der Waals surface area contributed by atoms with Crippen LogP contribution >= 0.6 is 11.6 Å². The summed E-state index contributed by atoms with van der Waals surface area (Å²) in [6.45, 7) is 0.575. The highest BCUT2D eigenvalue weighted by Crippen LogP contribution is 2.23. The van der Waals surface area contributed by atoms with Gasteiger partial charge in [-0.3, -0.25) is 4.79 Å². The summed E-state index contributed by atoms with van der Waals surface area (Å²) in [4.78, 5) is 12.0. The third-order valence-electron chi connectivity index (χ3n) is 3.73. The molecule has 0 unspecified atom stereocenters. The fraction of sp³-hybridized carbons (Fsp3) is 0.444. The van der Waals surface area contributed by atoms with Crippen molar-refractivity contribution in [3.8, 4) is 0 Å². The van der Waals surface area contributed by atoms with Crippen molar-refractivity contribution in [2.24, 2.45) is 0 Å². The van der Waals surface area contributed by atoms with Crippen molar-refractivity contribution < 1.29 is 9.18 Å². The van der Waals surface area contributed by atoms with Gasteiger partial charge in [0.1, 0.15) is 5.82 Å². The summed E-state index contributed by atoms with van der Waals surface area (Å²) < 4.78 is 13.2. The first-order valence-electron chi connectivity index (χ1n) is 7.23. The van der Waals surface area contributed by atoms with Crippen molar-refractivity contribution in [3.05, 3.63) is 55.4 Å². The lowest BCUT2D eigenvalue weighted by Crippen LogP contribution is -2.29. The second-order valence-corrected chi connectivity index (χ2v) is 5.73. The lowest BCUT2D eigenvalue weighted by molar-refractivity contribution is 0.0953. The second kappa shape index (κ2) is 10.6. The number of nitrogens with one attached hydrogen (secondary N) is 1. The van der Waals surface area contributed by atoms with Gasteiger partial charge < -0.3 is 5.32 Å². The number of amides is 1. The predicted molar refractivity (Wildman–Crippen MR) is 90.0 cm³/mol. The molecule has 0 heterocycles. The Morgan fingerprint density at radius 1 is 1.09 bits per heavy atom. The Balaban J connectivity index is 0.00000220. The van der Waals surface area contributed by atoms with Gasteiger partial charge >= 0.3 is 0 Å². The molecule has 2 nitrogen and oxygen atoms in total. The maximum atomic E-state index is 13.2. The number of benzene rings is 1. The molecule has 22 heavy (non-hydrogen) atoms. The van der Waals surface area contributed by atoms with Gasteiger partial charge in [-0.2, -0.15) is 0 Å². The van der Waals surface area contributed by atoms with Gasteiger partial charge in [-0.1, -0.05) is 58.6 Å². The van der Waals surface area contributed by atoms with Crippen LogP contribution in [0.2, 0.25) is 5.02 Å². The van der Waals surface area contributed by atoms with Crippen molar-refractivity contribution in [2.75, 3.05) is 6.54 Å². The molecule has 0 atom stereocenters. The molecule has 0 aromatic heterocycles. The molecular formula is C18H24ClFNO. The van der Waals surface area contributed by atoms with E-state index < -0.39 is 5.82 Å². The van der Waals surface area contributed by atoms with E-state index in [1.54, 1.807) is 0 Å². The van der Waals surface area contributed by atoms with E-state index >= 15 is 0 Å². The molecule has 0 bridgehead atoms. The molecule has 1 aliphatic rings. The van der Waals surface area contributed by atoms with Crippen molar-refractivity contribution in [1.82, 2.24) is 5.32 Å². The molecule has 5 radical (unpaired) electrons. The Kier molecular flexibility index (Phi) is 10.1.